The molecule has 0 spiro atoms. The molecule has 182 valence electrons. The number of rotatable bonds is 6. The Morgan fingerprint density at radius 1 is 1.00 bits per heavy atom. The fourth-order valence-corrected chi connectivity index (χ4v) is 6.88. The summed E-state index contributed by atoms with van der Waals surface area (Å²) in [7, 11) is 2.13. The van der Waals surface area contributed by atoms with Gasteiger partial charge in [0.2, 0.25) is 18.3 Å². The Balaban J connectivity index is 1.28. The van der Waals surface area contributed by atoms with Crippen LogP contribution in [-0.2, 0) is 24.7 Å². The number of piperidine rings is 1. The van der Waals surface area contributed by atoms with Crippen LogP contribution in [0.4, 0.5) is 17.7 Å². The maximum atomic E-state index is 11.4. The van der Waals surface area contributed by atoms with E-state index in [0.717, 1.165) is 82.3 Å². The first-order valence-corrected chi connectivity index (χ1v) is 13.4. The summed E-state index contributed by atoms with van der Waals surface area (Å²) in [6, 6.07) is 0.414. The number of fused-ring (bicyclic) bond motifs is 1. The molecule has 1 N–H and O–H groups in total. The van der Waals surface area contributed by atoms with Gasteiger partial charge in [0.1, 0.15) is 5.82 Å². The molecule has 8 heteroatoms. The molecular formula is C26H37N7O. The van der Waals surface area contributed by atoms with Gasteiger partial charge in [0.05, 0.1) is 11.9 Å². The van der Waals surface area contributed by atoms with Gasteiger partial charge in [-0.1, -0.05) is 12.8 Å². The Labute approximate surface area is 202 Å². The number of aryl methyl sites for hydroxylation is 1. The molecule has 2 aliphatic heterocycles. The molecule has 2 aliphatic carbocycles. The zero-order chi connectivity index (χ0) is 23.1. The third kappa shape index (κ3) is 3.95. The van der Waals surface area contributed by atoms with Gasteiger partial charge in [-0.25, -0.2) is 9.97 Å². The lowest BCUT2D eigenvalue weighted by atomic mass is 9.89. The highest BCUT2D eigenvalue weighted by atomic mass is 16.1. The molecule has 3 fully saturated rings. The summed E-state index contributed by atoms with van der Waals surface area (Å²) in [6.07, 6.45) is 16.0. The standard InChI is InChI=1S/C26H37N7O/c1-31-23(18-7-2-3-8-18)15-27-25(31)29-24-20-10-4-11-21(20)28-26(30-24)33-14-6-12-22(33)19-9-5-13-32(16-19)17-34/h15,17-19,22H,2-14,16H2,1H3,(H,27,28,29,30). The van der Waals surface area contributed by atoms with Crippen molar-refractivity contribution in [2.24, 2.45) is 13.0 Å². The second kappa shape index (κ2) is 9.19. The molecule has 0 aromatic carbocycles. The molecule has 2 saturated heterocycles. The Kier molecular flexibility index (Phi) is 5.91. The van der Waals surface area contributed by atoms with Crippen molar-refractivity contribution in [3.63, 3.8) is 0 Å². The van der Waals surface area contributed by atoms with E-state index < -0.39 is 0 Å². The predicted molar refractivity (Wildman–Crippen MR) is 132 cm³/mol. The molecule has 2 aromatic rings. The summed E-state index contributed by atoms with van der Waals surface area (Å²) in [4.78, 5) is 30.7. The Hall–Kier alpha value is -2.64. The summed E-state index contributed by atoms with van der Waals surface area (Å²) in [5.41, 5.74) is 3.79. The summed E-state index contributed by atoms with van der Waals surface area (Å²) in [5, 5.41) is 3.61. The van der Waals surface area contributed by atoms with Crippen molar-refractivity contribution in [3.05, 3.63) is 23.1 Å². The minimum atomic E-state index is 0.414. The molecular weight excluding hydrogens is 426 g/mol. The smallest absolute Gasteiger partial charge is 0.227 e. The number of anilines is 3. The number of nitrogens with zero attached hydrogens (tertiary/aromatic N) is 6. The van der Waals surface area contributed by atoms with Crippen molar-refractivity contribution >= 4 is 24.1 Å². The van der Waals surface area contributed by atoms with Crippen LogP contribution in [-0.4, -0.2) is 56.5 Å². The number of nitrogens with one attached hydrogen (secondary N) is 1. The Morgan fingerprint density at radius 3 is 2.71 bits per heavy atom. The molecule has 1 amide bonds. The van der Waals surface area contributed by atoms with Gasteiger partial charge in [0.15, 0.2) is 0 Å². The van der Waals surface area contributed by atoms with Crippen molar-refractivity contribution in [2.45, 2.75) is 82.6 Å². The first kappa shape index (κ1) is 21.9. The van der Waals surface area contributed by atoms with Crippen LogP contribution in [0.2, 0.25) is 0 Å². The molecule has 4 aliphatic rings. The highest BCUT2D eigenvalue weighted by Crippen LogP contribution is 2.37. The minimum Gasteiger partial charge on any atom is -0.345 e. The Bertz CT molecular complexity index is 1040. The molecule has 8 nitrogen and oxygen atoms in total. The highest BCUT2D eigenvalue weighted by Gasteiger charge is 2.36. The van der Waals surface area contributed by atoms with E-state index in [1.807, 2.05) is 4.90 Å². The molecule has 34 heavy (non-hydrogen) atoms. The van der Waals surface area contributed by atoms with E-state index in [2.05, 4.69) is 28.0 Å². The quantitative estimate of drug-likeness (QED) is 0.654. The van der Waals surface area contributed by atoms with E-state index in [1.165, 1.54) is 49.1 Å². The van der Waals surface area contributed by atoms with E-state index >= 15 is 0 Å². The SMILES string of the molecule is Cn1c(C2CCCC2)cnc1Nc1nc(N2CCCC2C2CCCN(C=O)C2)nc2c1CCC2. The zero-order valence-electron chi connectivity index (χ0n) is 20.4. The number of carbonyl (C=O) groups excluding carboxylic acids is 1. The van der Waals surface area contributed by atoms with E-state index in [9.17, 15) is 4.79 Å². The minimum absolute atomic E-state index is 0.414. The van der Waals surface area contributed by atoms with Gasteiger partial charge >= 0.3 is 0 Å². The lowest BCUT2D eigenvalue weighted by Crippen LogP contribution is -2.45. The largest absolute Gasteiger partial charge is 0.345 e. The monoisotopic (exact) mass is 463 g/mol. The second-order valence-corrected chi connectivity index (χ2v) is 10.7. The first-order chi connectivity index (χ1) is 16.7. The van der Waals surface area contributed by atoms with Gasteiger partial charge in [-0.3, -0.25) is 4.79 Å². The number of aromatic nitrogens is 4. The number of hydrogen-bond acceptors (Lipinski definition) is 6. The third-order valence-electron chi connectivity index (χ3n) is 8.69. The summed E-state index contributed by atoms with van der Waals surface area (Å²) >= 11 is 0. The van der Waals surface area contributed by atoms with Crippen molar-refractivity contribution in [1.29, 1.82) is 0 Å². The molecule has 6 rings (SSSR count). The van der Waals surface area contributed by atoms with Crippen molar-refractivity contribution in [2.75, 3.05) is 29.9 Å². The van der Waals surface area contributed by atoms with Gasteiger partial charge < -0.3 is 19.7 Å². The van der Waals surface area contributed by atoms with Crippen LogP contribution >= 0.6 is 0 Å². The Morgan fingerprint density at radius 2 is 1.85 bits per heavy atom. The molecule has 2 atom stereocenters. The van der Waals surface area contributed by atoms with Crippen molar-refractivity contribution in [3.8, 4) is 0 Å². The first-order valence-electron chi connectivity index (χ1n) is 13.4. The maximum absolute atomic E-state index is 11.4. The zero-order valence-corrected chi connectivity index (χ0v) is 20.4. The highest BCUT2D eigenvalue weighted by molar-refractivity contribution is 5.59. The van der Waals surface area contributed by atoms with Crippen molar-refractivity contribution < 1.29 is 4.79 Å². The van der Waals surface area contributed by atoms with Crippen LogP contribution in [0.3, 0.4) is 0 Å². The topological polar surface area (TPSA) is 79.2 Å². The molecule has 0 radical (unpaired) electrons. The summed E-state index contributed by atoms with van der Waals surface area (Å²) in [6.45, 7) is 2.75. The van der Waals surface area contributed by atoms with Gasteiger partial charge in [-0.2, -0.15) is 4.98 Å². The van der Waals surface area contributed by atoms with Gasteiger partial charge in [0.25, 0.3) is 0 Å². The molecule has 0 bridgehead atoms. The van der Waals surface area contributed by atoms with Gasteiger partial charge in [-0.05, 0) is 63.7 Å². The predicted octanol–water partition coefficient (Wildman–Crippen LogP) is 3.94. The molecule has 2 unspecified atom stereocenters. The fraction of sp³-hybridized carbons (Fsp3) is 0.692. The van der Waals surface area contributed by atoms with E-state index in [-0.39, 0.29) is 0 Å². The van der Waals surface area contributed by atoms with Gasteiger partial charge in [0, 0.05) is 49.9 Å². The fourth-order valence-electron chi connectivity index (χ4n) is 6.88. The average Bonchev–Trinajstić information content (AvgIpc) is 3.66. The van der Waals surface area contributed by atoms with Crippen LogP contribution in [0.25, 0.3) is 0 Å². The molecule has 2 aromatic heterocycles. The van der Waals surface area contributed by atoms with Crippen LogP contribution in [0.1, 0.15) is 80.7 Å². The van der Waals surface area contributed by atoms with Gasteiger partial charge in [-0.15, -0.1) is 0 Å². The molecule has 1 saturated carbocycles. The maximum Gasteiger partial charge on any atom is 0.227 e. The van der Waals surface area contributed by atoms with Crippen LogP contribution in [0.15, 0.2) is 6.20 Å². The number of amides is 1. The third-order valence-corrected chi connectivity index (χ3v) is 8.69. The lowest BCUT2D eigenvalue weighted by Gasteiger charge is -2.37. The van der Waals surface area contributed by atoms with Crippen molar-refractivity contribution in [1.82, 2.24) is 24.4 Å². The number of likely N-dealkylation sites (tertiary alicyclic amines) is 1. The average molecular weight is 464 g/mol. The normalized spacial score (nSPS) is 25.2. The summed E-state index contributed by atoms with van der Waals surface area (Å²) in [5.74, 6) is 3.81. The summed E-state index contributed by atoms with van der Waals surface area (Å²) < 4.78 is 2.23. The van der Waals surface area contributed by atoms with E-state index in [0.29, 0.717) is 17.9 Å². The molecule has 4 heterocycles. The number of imidazole rings is 1. The van der Waals surface area contributed by atoms with Crippen LogP contribution < -0.4 is 10.2 Å². The number of hydrogen-bond donors (Lipinski definition) is 1. The van der Waals surface area contributed by atoms with Crippen LogP contribution in [0, 0.1) is 5.92 Å². The second-order valence-electron chi connectivity index (χ2n) is 10.7. The van der Waals surface area contributed by atoms with E-state index in [1.54, 1.807) is 0 Å². The van der Waals surface area contributed by atoms with E-state index in [4.69, 9.17) is 15.0 Å². The number of carbonyl (C=O) groups is 1. The lowest BCUT2D eigenvalue weighted by molar-refractivity contribution is -0.119. The van der Waals surface area contributed by atoms with Crippen LogP contribution in [0.5, 0.6) is 0 Å².